The van der Waals surface area contributed by atoms with Gasteiger partial charge < -0.3 is 15.7 Å². The van der Waals surface area contributed by atoms with Crippen molar-refractivity contribution in [1.29, 1.82) is 0 Å². The van der Waals surface area contributed by atoms with Crippen LogP contribution in [0.3, 0.4) is 0 Å². The second kappa shape index (κ2) is 9.18. The topological polar surface area (TPSA) is 74.2 Å². The molecule has 9 heteroatoms. The van der Waals surface area contributed by atoms with Crippen LogP contribution in [-0.4, -0.2) is 28.6 Å². The van der Waals surface area contributed by atoms with Crippen LogP contribution in [0.25, 0.3) is 0 Å². The number of benzene rings is 1. The number of rotatable bonds is 7. The third-order valence-corrected chi connectivity index (χ3v) is 4.21. The van der Waals surface area contributed by atoms with E-state index >= 15 is 0 Å². The number of nitrogens with zero attached hydrogens (tertiary/aromatic N) is 1. The first-order valence-electron chi connectivity index (χ1n) is 8.15. The Kier molecular flexibility index (Phi) is 7.20. The zero-order chi connectivity index (χ0) is 20.1. The van der Waals surface area contributed by atoms with Gasteiger partial charge in [-0.25, -0.2) is 18.2 Å². The number of alkyl halides is 2. The number of carbonyl (C=O) groups is 1. The van der Waals surface area contributed by atoms with Crippen molar-refractivity contribution < 1.29 is 23.1 Å². The molecule has 1 amide bonds. The zero-order valence-corrected chi connectivity index (χ0v) is 16.2. The summed E-state index contributed by atoms with van der Waals surface area (Å²) in [7, 11) is 0. The number of nitrogens with one attached hydrogen (secondary N) is 2. The fourth-order valence-corrected chi connectivity index (χ4v) is 2.75. The summed E-state index contributed by atoms with van der Waals surface area (Å²) in [6.07, 6.45) is -2.12. The van der Waals surface area contributed by atoms with Gasteiger partial charge in [-0.3, -0.25) is 4.79 Å². The van der Waals surface area contributed by atoms with Crippen molar-refractivity contribution in [3.8, 4) is 0 Å². The van der Waals surface area contributed by atoms with Crippen LogP contribution in [0, 0.1) is 5.82 Å². The van der Waals surface area contributed by atoms with Gasteiger partial charge in [-0.05, 0) is 35.8 Å². The Labute approximate surface area is 163 Å². The number of pyridine rings is 1. The predicted octanol–water partition coefficient (Wildman–Crippen LogP) is 4.20. The van der Waals surface area contributed by atoms with E-state index in [9.17, 15) is 23.1 Å². The molecule has 0 radical (unpaired) electrons. The van der Waals surface area contributed by atoms with Gasteiger partial charge >= 0.3 is 0 Å². The quantitative estimate of drug-likeness (QED) is 0.596. The Morgan fingerprint density at radius 1 is 1.30 bits per heavy atom. The molecule has 146 valence electrons. The van der Waals surface area contributed by atoms with E-state index in [4.69, 9.17) is 0 Å². The first kappa shape index (κ1) is 21.2. The van der Waals surface area contributed by atoms with Gasteiger partial charge in [0.05, 0.1) is 23.3 Å². The van der Waals surface area contributed by atoms with Crippen LogP contribution in [0.2, 0.25) is 0 Å². The lowest BCUT2D eigenvalue weighted by atomic mass is 10.0. The number of aliphatic hydroxyl groups excluding tert-OH is 1. The minimum Gasteiger partial charge on any atom is -0.392 e. The number of hydrogen-bond acceptors (Lipinski definition) is 4. The minimum absolute atomic E-state index is 0.0393. The van der Waals surface area contributed by atoms with Crippen molar-refractivity contribution in [3.63, 3.8) is 0 Å². The minimum atomic E-state index is -2.95. The molecule has 0 saturated heterocycles. The van der Waals surface area contributed by atoms with Gasteiger partial charge in [0.2, 0.25) is 0 Å². The van der Waals surface area contributed by atoms with Gasteiger partial charge in [0.15, 0.2) is 0 Å². The predicted molar refractivity (Wildman–Crippen MR) is 99.3 cm³/mol. The van der Waals surface area contributed by atoms with Gasteiger partial charge in [0.1, 0.15) is 11.6 Å². The molecule has 3 N–H and O–H groups in total. The molecule has 0 aliphatic heterocycles. The maximum absolute atomic E-state index is 14.3. The molecule has 1 heterocycles. The zero-order valence-electron chi connectivity index (χ0n) is 14.6. The molecule has 2 atom stereocenters. The molecule has 5 nitrogen and oxygen atoms in total. The summed E-state index contributed by atoms with van der Waals surface area (Å²) >= 11 is 3.23. The Balaban J connectivity index is 2.24. The summed E-state index contributed by atoms with van der Waals surface area (Å²) in [6.45, 7) is 3.25. The molecular formula is C18H19BrF3N3O2. The van der Waals surface area contributed by atoms with Crippen molar-refractivity contribution >= 4 is 27.7 Å². The highest BCUT2D eigenvalue weighted by molar-refractivity contribution is 9.10. The summed E-state index contributed by atoms with van der Waals surface area (Å²) in [5.74, 6) is -1.36. The Morgan fingerprint density at radius 3 is 2.59 bits per heavy atom. The van der Waals surface area contributed by atoms with Crippen molar-refractivity contribution in [3.05, 3.63) is 57.4 Å². The summed E-state index contributed by atoms with van der Waals surface area (Å²) in [5.41, 5.74) is -0.582. The van der Waals surface area contributed by atoms with Gasteiger partial charge in [-0.15, -0.1) is 0 Å². The number of hydrogen-bond donors (Lipinski definition) is 3. The van der Waals surface area contributed by atoms with Gasteiger partial charge in [0.25, 0.3) is 12.3 Å². The van der Waals surface area contributed by atoms with E-state index in [1.54, 1.807) is 6.92 Å². The van der Waals surface area contributed by atoms with Crippen LogP contribution >= 0.6 is 15.9 Å². The van der Waals surface area contributed by atoms with E-state index in [1.807, 2.05) is 0 Å². The van der Waals surface area contributed by atoms with Crippen LogP contribution in [0.4, 0.5) is 19.0 Å². The molecule has 0 unspecified atom stereocenters. The van der Waals surface area contributed by atoms with Crippen molar-refractivity contribution in [2.24, 2.45) is 0 Å². The first-order chi connectivity index (χ1) is 12.7. The largest absolute Gasteiger partial charge is 0.392 e. The fraction of sp³-hybridized carbons (Fsp3) is 0.333. The first-order valence-corrected chi connectivity index (χ1v) is 8.94. The maximum atomic E-state index is 14.3. The standard InChI is InChI=1S/C18H19BrF3N3O2/c1-9(26)7-23-17-14(6-11(19)8-24-17)18(27)25-10(2)12-4-3-5-13(15(12)20)16(21)22/h3-6,8-10,16,26H,7H2,1-2H3,(H,23,24)(H,25,27)/t9-,10+/m0/s1. The number of aromatic nitrogens is 1. The van der Waals surface area contributed by atoms with Gasteiger partial charge in [-0.1, -0.05) is 18.2 Å². The van der Waals surface area contributed by atoms with E-state index < -0.39 is 35.9 Å². The third-order valence-electron chi connectivity index (χ3n) is 3.77. The molecule has 2 rings (SSSR count). The van der Waals surface area contributed by atoms with E-state index in [0.717, 1.165) is 6.07 Å². The molecule has 1 aromatic heterocycles. The molecule has 1 aromatic carbocycles. The molecule has 0 aliphatic rings. The van der Waals surface area contributed by atoms with Crippen LogP contribution < -0.4 is 10.6 Å². The van der Waals surface area contributed by atoms with Crippen molar-refractivity contribution in [1.82, 2.24) is 10.3 Å². The summed E-state index contributed by atoms with van der Waals surface area (Å²) < 4.78 is 40.6. The molecular weight excluding hydrogens is 427 g/mol. The number of aliphatic hydroxyl groups is 1. The molecule has 0 aliphatic carbocycles. The molecule has 0 fully saturated rings. The summed E-state index contributed by atoms with van der Waals surface area (Å²) in [5, 5.41) is 14.8. The van der Waals surface area contributed by atoms with Crippen LogP contribution in [0.1, 0.15) is 47.8 Å². The normalized spacial score (nSPS) is 13.3. The van der Waals surface area contributed by atoms with Crippen LogP contribution in [0.15, 0.2) is 34.9 Å². The van der Waals surface area contributed by atoms with Gasteiger partial charge in [-0.2, -0.15) is 0 Å². The van der Waals surface area contributed by atoms with Crippen LogP contribution in [0.5, 0.6) is 0 Å². The highest BCUT2D eigenvalue weighted by Crippen LogP contribution is 2.27. The van der Waals surface area contributed by atoms with Crippen LogP contribution in [-0.2, 0) is 0 Å². The van der Waals surface area contributed by atoms with E-state index in [1.165, 1.54) is 31.3 Å². The average Bonchev–Trinajstić information content (AvgIpc) is 2.60. The Bertz CT molecular complexity index is 818. The molecule has 27 heavy (non-hydrogen) atoms. The van der Waals surface area contributed by atoms with E-state index in [0.29, 0.717) is 4.47 Å². The SMILES string of the molecule is C[C@H](O)CNc1ncc(Br)cc1C(=O)N[C@H](C)c1cccc(C(F)F)c1F. The summed E-state index contributed by atoms with van der Waals surface area (Å²) in [6, 6.07) is 4.34. The molecule has 2 aromatic rings. The second-order valence-electron chi connectivity index (χ2n) is 6.03. The van der Waals surface area contributed by atoms with E-state index in [-0.39, 0.29) is 23.5 Å². The maximum Gasteiger partial charge on any atom is 0.266 e. The van der Waals surface area contributed by atoms with Crippen molar-refractivity contribution in [2.75, 3.05) is 11.9 Å². The molecule has 0 saturated carbocycles. The van der Waals surface area contributed by atoms with E-state index in [2.05, 4.69) is 31.5 Å². The number of halogens is 4. The fourth-order valence-electron chi connectivity index (χ4n) is 2.42. The highest BCUT2D eigenvalue weighted by atomic mass is 79.9. The lowest BCUT2D eigenvalue weighted by Crippen LogP contribution is -2.29. The molecule has 0 bridgehead atoms. The smallest absolute Gasteiger partial charge is 0.266 e. The second-order valence-corrected chi connectivity index (χ2v) is 6.94. The average molecular weight is 446 g/mol. The highest BCUT2D eigenvalue weighted by Gasteiger charge is 2.22. The van der Waals surface area contributed by atoms with Gasteiger partial charge in [0, 0.05) is 22.8 Å². The lowest BCUT2D eigenvalue weighted by molar-refractivity contribution is 0.0939. The monoisotopic (exact) mass is 445 g/mol. The lowest BCUT2D eigenvalue weighted by Gasteiger charge is -2.18. The number of amides is 1. The Hall–Kier alpha value is -2.13. The third kappa shape index (κ3) is 5.43. The summed E-state index contributed by atoms with van der Waals surface area (Å²) in [4.78, 5) is 16.7. The number of carbonyl (C=O) groups excluding carboxylic acids is 1. The molecule has 0 spiro atoms. The van der Waals surface area contributed by atoms with Crippen molar-refractivity contribution in [2.45, 2.75) is 32.4 Å². The Morgan fingerprint density at radius 2 is 1.96 bits per heavy atom. The number of anilines is 1.